The summed E-state index contributed by atoms with van der Waals surface area (Å²) in [7, 11) is 4.14. The van der Waals surface area contributed by atoms with Gasteiger partial charge in [-0.05, 0) is 62.3 Å². The predicted molar refractivity (Wildman–Crippen MR) is 137 cm³/mol. The van der Waals surface area contributed by atoms with Crippen LogP contribution in [-0.4, -0.2) is 46.5 Å². The van der Waals surface area contributed by atoms with Crippen molar-refractivity contribution in [3.05, 3.63) is 67.9 Å². The number of alkyl halides is 2. The Morgan fingerprint density at radius 2 is 1.48 bits per heavy atom. The molecule has 0 radical (unpaired) electrons. The highest BCUT2D eigenvalue weighted by molar-refractivity contribution is 9.10. The second kappa shape index (κ2) is 9.13. The van der Waals surface area contributed by atoms with Crippen molar-refractivity contribution >= 4 is 53.7 Å². The topological polar surface area (TPSA) is 27.2 Å². The fourth-order valence-electron chi connectivity index (χ4n) is 5.07. The number of hydrogen-bond acceptors (Lipinski definition) is 2. The largest absolute Gasteiger partial charge is 0.357 e. The number of aromatic amines is 1. The van der Waals surface area contributed by atoms with Gasteiger partial charge in [0.1, 0.15) is 0 Å². The Kier molecular flexibility index (Phi) is 6.37. The Labute approximate surface area is 208 Å². The predicted octanol–water partition coefficient (Wildman–Crippen LogP) is 6.71. The Bertz CT molecular complexity index is 1330. The molecule has 0 aliphatic carbocycles. The van der Waals surface area contributed by atoms with Crippen LogP contribution >= 0.6 is 31.9 Å². The van der Waals surface area contributed by atoms with Crippen molar-refractivity contribution in [1.82, 2.24) is 19.4 Å². The highest BCUT2D eigenvalue weighted by atomic mass is 79.9. The van der Waals surface area contributed by atoms with Crippen LogP contribution < -0.4 is 0 Å². The molecular weight excluding hydrogens is 554 g/mol. The van der Waals surface area contributed by atoms with Crippen LogP contribution in [0.3, 0.4) is 0 Å². The number of halogens is 4. The average molecular weight is 580 g/mol. The summed E-state index contributed by atoms with van der Waals surface area (Å²) in [5, 5.41) is 2.35. The van der Waals surface area contributed by atoms with Gasteiger partial charge in [0.05, 0.1) is 5.52 Å². The van der Waals surface area contributed by atoms with Crippen molar-refractivity contribution < 1.29 is 8.78 Å². The fraction of sp³-hybridized carbons (Fsp3) is 0.360. The first kappa shape index (κ1) is 23.0. The first-order valence-electron chi connectivity index (χ1n) is 11.1. The summed E-state index contributed by atoms with van der Waals surface area (Å²) in [6.45, 7) is 1.23. The van der Waals surface area contributed by atoms with Crippen LogP contribution in [-0.2, 0) is 25.9 Å². The zero-order valence-corrected chi connectivity index (χ0v) is 21.8. The van der Waals surface area contributed by atoms with Gasteiger partial charge in [0.2, 0.25) is 0 Å². The van der Waals surface area contributed by atoms with Crippen LogP contribution in [0.2, 0.25) is 0 Å². The molecule has 1 N–H and O–H groups in total. The van der Waals surface area contributed by atoms with Gasteiger partial charge < -0.3 is 14.8 Å². The third-order valence-electron chi connectivity index (χ3n) is 6.67. The summed E-state index contributed by atoms with van der Waals surface area (Å²) < 4.78 is 29.8. The Morgan fingerprint density at radius 3 is 2.21 bits per heavy atom. The summed E-state index contributed by atoms with van der Waals surface area (Å²) in [4.78, 5) is 7.95. The van der Waals surface area contributed by atoms with Crippen LogP contribution in [0, 0.1) is 0 Å². The number of nitrogens with one attached hydrogen (secondary N) is 1. The van der Waals surface area contributed by atoms with E-state index >= 15 is 0 Å². The number of benzene rings is 2. The maximum Gasteiger partial charge on any atom is 0.319 e. The molecule has 0 bridgehead atoms. The maximum atomic E-state index is 13.3. The molecular formula is C25H26Br2F2N4. The molecule has 2 aromatic heterocycles. The third-order valence-corrected chi connectivity index (χ3v) is 7.66. The molecule has 2 aliphatic heterocycles. The Morgan fingerprint density at radius 1 is 0.848 bits per heavy atom. The smallest absolute Gasteiger partial charge is 0.319 e. The minimum Gasteiger partial charge on any atom is -0.357 e. The summed E-state index contributed by atoms with van der Waals surface area (Å²) >= 11 is 6.86. The number of nitrogens with zero attached hydrogens (tertiary/aromatic N) is 3. The van der Waals surface area contributed by atoms with Gasteiger partial charge in [-0.25, -0.2) is 0 Å². The van der Waals surface area contributed by atoms with Crippen LogP contribution in [0.1, 0.15) is 29.1 Å². The quantitative estimate of drug-likeness (QED) is 0.271. The van der Waals surface area contributed by atoms with Crippen molar-refractivity contribution in [3.8, 4) is 0 Å². The van der Waals surface area contributed by atoms with Crippen LogP contribution in [0.15, 0.2) is 45.3 Å². The van der Waals surface area contributed by atoms with E-state index in [1.807, 2.05) is 19.2 Å². The number of fused-ring (bicyclic) bond motifs is 6. The van der Waals surface area contributed by atoms with E-state index in [0.29, 0.717) is 12.1 Å². The molecule has 4 heterocycles. The van der Waals surface area contributed by atoms with Crippen molar-refractivity contribution in [2.75, 3.05) is 27.2 Å². The van der Waals surface area contributed by atoms with E-state index < -0.39 is 6.55 Å². The molecule has 4 nitrogen and oxygen atoms in total. The third kappa shape index (κ3) is 4.38. The first-order valence-corrected chi connectivity index (χ1v) is 12.7. The van der Waals surface area contributed by atoms with Crippen LogP contribution in [0.25, 0.3) is 21.8 Å². The summed E-state index contributed by atoms with van der Waals surface area (Å²) in [5.74, 6) is 0. The zero-order chi connectivity index (χ0) is 23.3. The van der Waals surface area contributed by atoms with Crippen LogP contribution in [0.5, 0.6) is 0 Å². The van der Waals surface area contributed by atoms with Gasteiger partial charge in [0, 0.05) is 62.8 Å². The number of hydrogen-bond donors (Lipinski definition) is 1. The van der Waals surface area contributed by atoms with Crippen molar-refractivity contribution in [1.29, 1.82) is 0 Å². The Hall–Kier alpha value is -1.74. The lowest BCUT2D eigenvalue weighted by Crippen LogP contribution is -2.27. The number of H-pyrrole nitrogens is 1. The van der Waals surface area contributed by atoms with Crippen molar-refractivity contribution in [2.24, 2.45) is 0 Å². The molecule has 2 aliphatic rings. The molecule has 0 unspecified atom stereocenters. The van der Waals surface area contributed by atoms with Gasteiger partial charge in [-0.1, -0.05) is 44.0 Å². The molecule has 0 amide bonds. The van der Waals surface area contributed by atoms with E-state index in [1.165, 1.54) is 26.7 Å². The second-order valence-corrected chi connectivity index (χ2v) is 10.8. The molecule has 33 heavy (non-hydrogen) atoms. The first-order chi connectivity index (χ1) is 15.8. The van der Waals surface area contributed by atoms with Crippen molar-refractivity contribution in [3.63, 3.8) is 0 Å². The van der Waals surface area contributed by atoms with Crippen LogP contribution in [0.4, 0.5) is 8.78 Å². The van der Waals surface area contributed by atoms with Gasteiger partial charge in [-0.2, -0.15) is 8.78 Å². The second-order valence-electron chi connectivity index (χ2n) is 8.98. The van der Waals surface area contributed by atoms with E-state index in [1.54, 1.807) is 6.07 Å². The minimum atomic E-state index is -2.49. The molecule has 0 fully saturated rings. The molecule has 174 valence electrons. The SMILES string of the molecule is CN1CCc2c([nH]c3cc(Br)ccc23)C1.CN1CCc2c(n(C(F)F)c3cc(Br)ccc23)C1. The molecule has 6 rings (SSSR count). The van der Waals surface area contributed by atoms with Gasteiger partial charge in [0.25, 0.3) is 0 Å². The number of rotatable bonds is 1. The van der Waals surface area contributed by atoms with Gasteiger partial charge in [-0.3, -0.25) is 4.57 Å². The van der Waals surface area contributed by atoms with E-state index in [9.17, 15) is 8.78 Å². The normalized spacial score (nSPS) is 16.7. The lowest BCUT2D eigenvalue weighted by atomic mass is 10.0. The van der Waals surface area contributed by atoms with Gasteiger partial charge in [0.15, 0.2) is 0 Å². The number of aromatic nitrogens is 2. The summed E-state index contributed by atoms with van der Waals surface area (Å²) in [6.07, 6.45) is 2.00. The average Bonchev–Trinajstić information content (AvgIpc) is 3.27. The van der Waals surface area contributed by atoms with E-state index in [2.05, 4.69) is 71.9 Å². The molecule has 0 spiro atoms. The van der Waals surface area contributed by atoms with Crippen molar-refractivity contribution in [2.45, 2.75) is 32.5 Å². The maximum absolute atomic E-state index is 13.3. The summed E-state index contributed by atoms with van der Waals surface area (Å²) in [5.41, 5.74) is 6.61. The van der Waals surface area contributed by atoms with Gasteiger partial charge in [-0.15, -0.1) is 0 Å². The highest BCUT2D eigenvalue weighted by Crippen LogP contribution is 2.35. The van der Waals surface area contributed by atoms with Gasteiger partial charge >= 0.3 is 6.55 Å². The molecule has 0 saturated heterocycles. The highest BCUT2D eigenvalue weighted by Gasteiger charge is 2.25. The van der Waals surface area contributed by atoms with E-state index in [0.717, 1.165) is 58.1 Å². The number of likely N-dealkylation sites (N-methyl/N-ethyl adjacent to an activating group) is 2. The standard InChI is InChI=1S/C13H13BrF2N2.C12H13BrN2/c1-17-5-4-10-9-3-2-8(14)6-11(9)18(13(15)16)12(10)7-17;1-15-5-4-10-9-3-2-8(13)6-11(9)14-12(10)7-15/h2-3,6,13H,4-5,7H2,1H3;2-3,6,14H,4-5,7H2,1H3. The molecule has 0 atom stereocenters. The zero-order valence-electron chi connectivity index (χ0n) is 18.6. The molecule has 4 aromatic rings. The molecule has 8 heteroatoms. The lowest BCUT2D eigenvalue weighted by molar-refractivity contribution is 0.0691. The summed E-state index contributed by atoms with van der Waals surface area (Å²) in [6, 6.07) is 12.1. The molecule has 2 aromatic carbocycles. The minimum absolute atomic E-state index is 0.589. The monoisotopic (exact) mass is 578 g/mol. The fourth-order valence-corrected chi connectivity index (χ4v) is 5.78. The Balaban J connectivity index is 0.000000140. The van der Waals surface area contributed by atoms with E-state index in [-0.39, 0.29) is 0 Å². The molecule has 0 saturated carbocycles. The van der Waals surface area contributed by atoms with E-state index in [4.69, 9.17) is 0 Å². The lowest BCUT2D eigenvalue weighted by Gasteiger charge is -2.24.